The highest BCUT2D eigenvalue weighted by molar-refractivity contribution is 5.62. The van der Waals surface area contributed by atoms with Gasteiger partial charge in [-0.3, -0.25) is 10.1 Å². The maximum absolute atomic E-state index is 13.5. The van der Waals surface area contributed by atoms with Gasteiger partial charge in [-0.1, -0.05) is 18.9 Å². The van der Waals surface area contributed by atoms with E-state index in [0.717, 1.165) is 12.8 Å². The van der Waals surface area contributed by atoms with Crippen molar-refractivity contribution in [3.63, 3.8) is 0 Å². The fourth-order valence-corrected chi connectivity index (χ4v) is 2.30. The molecule has 0 aliphatic heterocycles. The first-order valence-corrected chi connectivity index (χ1v) is 5.85. The summed E-state index contributed by atoms with van der Waals surface area (Å²) in [6.07, 6.45) is 4.64. The van der Waals surface area contributed by atoms with Crippen LogP contribution in [0.4, 0.5) is 15.8 Å². The molecule has 0 bridgehead atoms. The van der Waals surface area contributed by atoms with E-state index in [2.05, 4.69) is 5.32 Å². The minimum Gasteiger partial charge on any atom is -0.377 e. The molecule has 0 radical (unpaired) electrons. The van der Waals surface area contributed by atoms with Crippen LogP contribution < -0.4 is 5.32 Å². The number of benzene rings is 1. The third kappa shape index (κ3) is 2.72. The second-order valence-corrected chi connectivity index (χ2v) is 4.42. The average molecular weight is 238 g/mol. The second-order valence-electron chi connectivity index (χ2n) is 4.42. The Morgan fingerprint density at radius 2 is 2.12 bits per heavy atom. The zero-order valence-electron chi connectivity index (χ0n) is 9.49. The molecule has 1 aromatic rings. The van der Waals surface area contributed by atoms with Crippen LogP contribution in [-0.2, 0) is 0 Å². The number of hydrogen-bond donors (Lipinski definition) is 1. The Kier molecular flexibility index (Phi) is 3.56. The van der Waals surface area contributed by atoms with Crippen molar-refractivity contribution in [2.24, 2.45) is 5.92 Å². The van der Waals surface area contributed by atoms with E-state index in [1.807, 2.05) is 0 Å². The number of nitrogens with one attached hydrogen (secondary N) is 1. The smallest absolute Gasteiger partial charge is 0.295 e. The molecule has 92 valence electrons. The maximum Gasteiger partial charge on any atom is 0.295 e. The molecule has 1 aromatic carbocycles. The van der Waals surface area contributed by atoms with Gasteiger partial charge in [-0.15, -0.1) is 0 Å². The van der Waals surface area contributed by atoms with Crippen LogP contribution in [0.3, 0.4) is 0 Å². The van der Waals surface area contributed by atoms with E-state index in [1.165, 1.54) is 31.0 Å². The largest absolute Gasteiger partial charge is 0.377 e. The van der Waals surface area contributed by atoms with Crippen LogP contribution in [-0.4, -0.2) is 11.5 Å². The molecule has 0 atom stereocenters. The summed E-state index contributed by atoms with van der Waals surface area (Å²) >= 11 is 0. The van der Waals surface area contributed by atoms with E-state index in [1.54, 1.807) is 0 Å². The molecule has 0 unspecified atom stereocenters. The first-order valence-electron chi connectivity index (χ1n) is 5.85. The minimum atomic E-state index is -0.558. The van der Waals surface area contributed by atoms with Gasteiger partial charge in [0.2, 0.25) is 0 Å². The molecule has 5 heteroatoms. The Balaban J connectivity index is 2.10. The summed E-state index contributed by atoms with van der Waals surface area (Å²) in [5.41, 5.74) is -0.174. The summed E-state index contributed by atoms with van der Waals surface area (Å²) in [5.74, 6) is -0.0496. The minimum absolute atomic E-state index is 0.0180. The van der Waals surface area contributed by atoms with Crippen molar-refractivity contribution in [2.45, 2.75) is 25.7 Å². The van der Waals surface area contributed by atoms with Gasteiger partial charge >= 0.3 is 0 Å². The van der Waals surface area contributed by atoms with Crippen molar-refractivity contribution in [3.05, 3.63) is 34.1 Å². The lowest BCUT2D eigenvalue weighted by atomic mass is 10.1. The molecule has 0 spiro atoms. The van der Waals surface area contributed by atoms with E-state index in [9.17, 15) is 14.5 Å². The molecule has 0 aromatic heterocycles. The molecular weight excluding hydrogens is 223 g/mol. The lowest BCUT2D eigenvalue weighted by molar-refractivity contribution is -0.384. The Morgan fingerprint density at radius 1 is 1.41 bits per heavy atom. The molecule has 0 saturated heterocycles. The maximum atomic E-state index is 13.5. The SMILES string of the molecule is O=[N+]([O-])c1cccc(F)c1NCC1CCCC1. The fourth-order valence-electron chi connectivity index (χ4n) is 2.30. The Bertz CT molecular complexity index is 417. The van der Waals surface area contributed by atoms with Crippen LogP contribution in [0.25, 0.3) is 0 Å². The van der Waals surface area contributed by atoms with Crippen molar-refractivity contribution in [3.8, 4) is 0 Å². The summed E-state index contributed by atoms with van der Waals surface area (Å²) < 4.78 is 13.5. The molecule has 1 fully saturated rings. The molecule has 1 aliphatic rings. The van der Waals surface area contributed by atoms with Crippen molar-refractivity contribution in [1.29, 1.82) is 0 Å². The summed E-state index contributed by atoms with van der Waals surface area (Å²) in [6.45, 7) is 0.613. The number of nitro groups is 1. The van der Waals surface area contributed by atoms with Crippen LogP contribution >= 0.6 is 0 Å². The van der Waals surface area contributed by atoms with Crippen molar-refractivity contribution >= 4 is 11.4 Å². The molecule has 0 amide bonds. The molecule has 1 aliphatic carbocycles. The number of para-hydroxylation sites is 1. The monoisotopic (exact) mass is 238 g/mol. The first-order chi connectivity index (χ1) is 8.18. The topological polar surface area (TPSA) is 55.2 Å². The van der Waals surface area contributed by atoms with E-state index >= 15 is 0 Å². The van der Waals surface area contributed by atoms with Crippen molar-refractivity contribution < 1.29 is 9.31 Å². The number of halogens is 1. The van der Waals surface area contributed by atoms with E-state index in [4.69, 9.17) is 0 Å². The predicted molar refractivity (Wildman–Crippen MR) is 63.5 cm³/mol. The van der Waals surface area contributed by atoms with Gasteiger partial charge in [0, 0.05) is 12.6 Å². The molecule has 1 N–H and O–H groups in total. The van der Waals surface area contributed by atoms with E-state index in [0.29, 0.717) is 12.5 Å². The van der Waals surface area contributed by atoms with Gasteiger partial charge in [-0.25, -0.2) is 4.39 Å². The Morgan fingerprint density at radius 3 is 2.76 bits per heavy atom. The lowest BCUT2D eigenvalue weighted by Crippen LogP contribution is -2.13. The highest BCUT2D eigenvalue weighted by atomic mass is 19.1. The molecular formula is C12H15FN2O2. The lowest BCUT2D eigenvalue weighted by Gasteiger charge is -2.12. The van der Waals surface area contributed by atoms with Gasteiger partial charge in [0.05, 0.1) is 4.92 Å². The van der Waals surface area contributed by atoms with Crippen LogP contribution in [0.5, 0.6) is 0 Å². The molecule has 1 saturated carbocycles. The van der Waals surface area contributed by atoms with Gasteiger partial charge in [0.1, 0.15) is 5.69 Å². The molecule has 4 nitrogen and oxygen atoms in total. The fraction of sp³-hybridized carbons (Fsp3) is 0.500. The van der Waals surface area contributed by atoms with Crippen LogP contribution in [0.15, 0.2) is 18.2 Å². The van der Waals surface area contributed by atoms with Gasteiger partial charge in [-0.05, 0) is 24.8 Å². The van der Waals surface area contributed by atoms with Crippen molar-refractivity contribution in [1.82, 2.24) is 0 Å². The van der Waals surface area contributed by atoms with E-state index < -0.39 is 10.7 Å². The summed E-state index contributed by atoms with van der Waals surface area (Å²) in [4.78, 5) is 10.2. The summed E-state index contributed by atoms with van der Waals surface area (Å²) in [6, 6.07) is 3.91. The summed E-state index contributed by atoms with van der Waals surface area (Å²) in [5, 5.41) is 13.7. The normalized spacial score (nSPS) is 16.1. The van der Waals surface area contributed by atoms with Crippen LogP contribution in [0, 0.1) is 21.8 Å². The molecule has 17 heavy (non-hydrogen) atoms. The number of nitro benzene ring substituents is 1. The van der Waals surface area contributed by atoms with Gasteiger partial charge < -0.3 is 5.32 Å². The number of rotatable bonds is 4. The number of hydrogen-bond acceptors (Lipinski definition) is 3. The van der Waals surface area contributed by atoms with Gasteiger partial charge in [0.25, 0.3) is 5.69 Å². The van der Waals surface area contributed by atoms with E-state index in [-0.39, 0.29) is 11.4 Å². The zero-order chi connectivity index (χ0) is 12.3. The number of anilines is 1. The second kappa shape index (κ2) is 5.12. The third-order valence-corrected chi connectivity index (χ3v) is 3.23. The predicted octanol–water partition coefficient (Wildman–Crippen LogP) is 3.34. The van der Waals surface area contributed by atoms with Crippen LogP contribution in [0.2, 0.25) is 0 Å². The van der Waals surface area contributed by atoms with Crippen LogP contribution in [0.1, 0.15) is 25.7 Å². The average Bonchev–Trinajstić information content (AvgIpc) is 2.80. The Labute approximate surface area is 99.0 Å². The quantitative estimate of drug-likeness (QED) is 0.646. The highest BCUT2D eigenvalue weighted by Crippen LogP contribution is 2.29. The Hall–Kier alpha value is -1.65. The third-order valence-electron chi connectivity index (χ3n) is 3.23. The van der Waals surface area contributed by atoms with Gasteiger partial charge in [-0.2, -0.15) is 0 Å². The zero-order valence-corrected chi connectivity index (χ0v) is 9.49. The summed E-state index contributed by atoms with van der Waals surface area (Å²) in [7, 11) is 0. The molecule has 0 heterocycles. The number of nitrogens with zero attached hydrogens (tertiary/aromatic N) is 1. The first kappa shape index (κ1) is 11.8. The standard InChI is InChI=1S/C12H15FN2O2/c13-10-6-3-7-11(15(16)17)12(10)14-8-9-4-1-2-5-9/h3,6-7,9,14H,1-2,4-5,8H2. The highest BCUT2D eigenvalue weighted by Gasteiger charge is 2.20. The van der Waals surface area contributed by atoms with Gasteiger partial charge in [0.15, 0.2) is 5.82 Å². The molecule has 2 rings (SSSR count). The van der Waals surface area contributed by atoms with Crippen molar-refractivity contribution in [2.75, 3.05) is 11.9 Å².